The molecule has 4 amide bonds. The molecule has 0 saturated heterocycles. The molecule has 0 aliphatic carbocycles. The molecule has 2 rings (SSSR count). The average Bonchev–Trinajstić information content (AvgIpc) is 2.55. The fraction of sp³-hybridized carbons (Fsp3) is 0.167. The van der Waals surface area contributed by atoms with Crippen LogP contribution in [0, 0.1) is 0 Å². The third-order valence-electron chi connectivity index (χ3n) is 3.48. The summed E-state index contributed by atoms with van der Waals surface area (Å²) in [6.45, 7) is 0.0725. The van der Waals surface area contributed by atoms with Gasteiger partial charge in [0.05, 0.1) is 13.1 Å². The number of amides is 4. The van der Waals surface area contributed by atoms with Gasteiger partial charge in [0.25, 0.3) is 0 Å². The van der Waals surface area contributed by atoms with Crippen LogP contribution in [0.4, 0.5) is 4.79 Å². The van der Waals surface area contributed by atoms with Crippen molar-refractivity contribution in [1.29, 1.82) is 0 Å². The van der Waals surface area contributed by atoms with Gasteiger partial charge in [-0.1, -0.05) is 54.6 Å². The Hall–Kier alpha value is -3.19. The lowest BCUT2D eigenvalue weighted by atomic mass is 10.0. The number of urea groups is 1. The van der Waals surface area contributed by atoms with Crippen molar-refractivity contribution in [2.45, 2.75) is 6.54 Å². The van der Waals surface area contributed by atoms with Crippen LogP contribution in [0.2, 0.25) is 0 Å². The second-order valence-corrected chi connectivity index (χ2v) is 5.59. The van der Waals surface area contributed by atoms with E-state index in [-0.39, 0.29) is 13.1 Å². The molecular weight excluding hydrogens is 320 g/mol. The number of hydrogen-bond acceptors (Lipinski definition) is 4. The lowest BCUT2D eigenvalue weighted by Crippen LogP contribution is -2.44. The predicted molar refractivity (Wildman–Crippen MR) is 94.1 cm³/mol. The lowest BCUT2D eigenvalue weighted by molar-refractivity contribution is -0.123. The summed E-state index contributed by atoms with van der Waals surface area (Å²) in [4.78, 5) is 35.1. The number of imide groups is 1. The fourth-order valence-corrected chi connectivity index (χ4v) is 2.46. The Kier molecular flexibility index (Phi) is 6.25. The normalized spacial score (nSPS) is 10.4. The van der Waals surface area contributed by atoms with Gasteiger partial charge >= 0.3 is 6.03 Å². The van der Waals surface area contributed by atoms with E-state index in [1.807, 2.05) is 59.9 Å². The van der Waals surface area contributed by atoms with Gasteiger partial charge < -0.3 is 11.5 Å². The quantitative estimate of drug-likeness (QED) is 0.692. The first-order chi connectivity index (χ1) is 11.9. The van der Waals surface area contributed by atoms with Gasteiger partial charge in [-0.2, -0.15) is 0 Å². The van der Waals surface area contributed by atoms with Crippen molar-refractivity contribution in [2.75, 3.05) is 13.1 Å². The Balaban J connectivity index is 2.06. The van der Waals surface area contributed by atoms with E-state index in [1.54, 1.807) is 0 Å². The standard InChI is InChI=1S/C18H20N4O3/c19-16(23)11-22(12-17(24)21-18(20)25)10-13-6-8-15(9-7-13)14-4-2-1-3-5-14/h1-9H,10-12H2,(H2,19,23)(H3,20,21,24,25). The summed E-state index contributed by atoms with van der Waals surface area (Å²) in [5.41, 5.74) is 13.2. The van der Waals surface area contributed by atoms with Crippen molar-refractivity contribution >= 4 is 17.8 Å². The SMILES string of the molecule is NC(=O)CN(CC(=O)NC(N)=O)Cc1ccc(-c2ccccc2)cc1. The van der Waals surface area contributed by atoms with Crippen molar-refractivity contribution in [3.63, 3.8) is 0 Å². The zero-order valence-corrected chi connectivity index (χ0v) is 13.6. The summed E-state index contributed by atoms with van der Waals surface area (Å²) in [5.74, 6) is -1.15. The van der Waals surface area contributed by atoms with Gasteiger partial charge in [0, 0.05) is 6.54 Å². The van der Waals surface area contributed by atoms with Crippen LogP contribution >= 0.6 is 0 Å². The highest BCUT2D eigenvalue weighted by atomic mass is 16.2. The molecule has 130 valence electrons. The lowest BCUT2D eigenvalue weighted by Gasteiger charge is -2.20. The number of nitrogens with zero attached hydrogens (tertiary/aromatic N) is 1. The second kappa shape index (κ2) is 8.60. The first kappa shape index (κ1) is 18.2. The van der Waals surface area contributed by atoms with Crippen LogP contribution < -0.4 is 16.8 Å². The largest absolute Gasteiger partial charge is 0.369 e. The molecule has 0 radical (unpaired) electrons. The molecule has 0 atom stereocenters. The van der Waals surface area contributed by atoms with E-state index in [0.29, 0.717) is 6.54 Å². The van der Waals surface area contributed by atoms with E-state index in [9.17, 15) is 14.4 Å². The molecule has 0 aromatic heterocycles. The Labute approximate surface area is 145 Å². The minimum atomic E-state index is -0.934. The zero-order valence-electron chi connectivity index (χ0n) is 13.6. The molecule has 2 aromatic rings. The number of nitrogens with one attached hydrogen (secondary N) is 1. The van der Waals surface area contributed by atoms with Crippen molar-refractivity contribution in [3.8, 4) is 11.1 Å². The molecule has 0 aliphatic rings. The van der Waals surface area contributed by atoms with E-state index in [1.165, 1.54) is 4.90 Å². The summed E-state index contributed by atoms with van der Waals surface area (Å²) in [6, 6.07) is 16.8. The highest BCUT2D eigenvalue weighted by Gasteiger charge is 2.14. The van der Waals surface area contributed by atoms with Gasteiger partial charge in [-0.25, -0.2) is 4.79 Å². The summed E-state index contributed by atoms with van der Waals surface area (Å²) in [7, 11) is 0. The van der Waals surface area contributed by atoms with Crippen LogP contribution in [-0.2, 0) is 16.1 Å². The van der Waals surface area contributed by atoms with Crippen LogP contribution in [0.25, 0.3) is 11.1 Å². The Morgan fingerprint density at radius 2 is 1.44 bits per heavy atom. The zero-order chi connectivity index (χ0) is 18.2. The van der Waals surface area contributed by atoms with E-state index >= 15 is 0 Å². The molecule has 7 nitrogen and oxygen atoms in total. The maximum Gasteiger partial charge on any atom is 0.318 e. The average molecular weight is 340 g/mol. The molecule has 0 heterocycles. The van der Waals surface area contributed by atoms with Crippen LogP contribution in [-0.4, -0.2) is 35.8 Å². The number of rotatable bonds is 7. The van der Waals surface area contributed by atoms with Gasteiger partial charge in [0.2, 0.25) is 11.8 Å². The molecule has 0 unspecified atom stereocenters. The van der Waals surface area contributed by atoms with Crippen LogP contribution in [0.15, 0.2) is 54.6 Å². The van der Waals surface area contributed by atoms with Crippen molar-refractivity contribution in [2.24, 2.45) is 11.5 Å². The first-order valence-electron chi connectivity index (χ1n) is 7.68. The van der Waals surface area contributed by atoms with Gasteiger partial charge in [0.1, 0.15) is 0 Å². The molecular formula is C18H20N4O3. The number of nitrogens with two attached hydrogens (primary N) is 2. The number of hydrogen-bond donors (Lipinski definition) is 3. The Bertz CT molecular complexity index is 745. The number of primary amides is 2. The second-order valence-electron chi connectivity index (χ2n) is 5.59. The molecule has 0 fully saturated rings. The minimum Gasteiger partial charge on any atom is -0.369 e. The fourth-order valence-electron chi connectivity index (χ4n) is 2.46. The molecule has 25 heavy (non-hydrogen) atoms. The van der Waals surface area contributed by atoms with Crippen molar-refractivity contribution < 1.29 is 14.4 Å². The van der Waals surface area contributed by atoms with E-state index in [0.717, 1.165) is 16.7 Å². The molecule has 0 saturated carbocycles. The summed E-state index contributed by atoms with van der Waals surface area (Å²) in [6.07, 6.45) is 0. The van der Waals surface area contributed by atoms with Gasteiger partial charge in [-0.05, 0) is 16.7 Å². The van der Waals surface area contributed by atoms with Crippen LogP contribution in [0.1, 0.15) is 5.56 Å². The van der Waals surface area contributed by atoms with Crippen LogP contribution in [0.3, 0.4) is 0 Å². The molecule has 2 aromatic carbocycles. The third kappa shape index (κ3) is 6.08. The van der Waals surface area contributed by atoms with Gasteiger partial charge in [-0.15, -0.1) is 0 Å². The third-order valence-corrected chi connectivity index (χ3v) is 3.48. The summed E-state index contributed by atoms with van der Waals surface area (Å²) in [5, 5.41) is 1.97. The Morgan fingerprint density at radius 1 is 0.840 bits per heavy atom. The van der Waals surface area contributed by atoms with E-state index in [4.69, 9.17) is 11.5 Å². The summed E-state index contributed by atoms with van der Waals surface area (Å²) < 4.78 is 0. The van der Waals surface area contributed by atoms with Crippen molar-refractivity contribution in [3.05, 3.63) is 60.2 Å². The molecule has 7 heteroatoms. The highest BCUT2D eigenvalue weighted by molar-refractivity contribution is 5.94. The molecule has 5 N–H and O–H groups in total. The molecule has 0 aliphatic heterocycles. The number of carbonyl (C=O) groups excluding carboxylic acids is 3. The number of carbonyl (C=O) groups is 3. The monoisotopic (exact) mass is 340 g/mol. The Morgan fingerprint density at radius 3 is 2.00 bits per heavy atom. The molecule has 0 spiro atoms. The first-order valence-corrected chi connectivity index (χ1v) is 7.68. The smallest absolute Gasteiger partial charge is 0.318 e. The van der Waals surface area contributed by atoms with Crippen molar-refractivity contribution in [1.82, 2.24) is 10.2 Å². The van der Waals surface area contributed by atoms with E-state index < -0.39 is 17.8 Å². The maximum absolute atomic E-state index is 11.7. The molecule has 0 bridgehead atoms. The minimum absolute atomic E-state index is 0.105. The highest BCUT2D eigenvalue weighted by Crippen LogP contribution is 2.19. The van der Waals surface area contributed by atoms with E-state index in [2.05, 4.69) is 0 Å². The van der Waals surface area contributed by atoms with Crippen LogP contribution in [0.5, 0.6) is 0 Å². The number of benzene rings is 2. The summed E-state index contributed by atoms with van der Waals surface area (Å²) >= 11 is 0. The predicted octanol–water partition coefficient (Wildman–Crippen LogP) is 0.836. The van der Waals surface area contributed by atoms with Gasteiger partial charge in [0.15, 0.2) is 0 Å². The van der Waals surface area contributed by atoms with Gasteiger partial charge in [-0.3, -0.25) is 19.8 Å². The maximum atomic E-state index is 11.7. The topological polar surface area (TPSA) is 119 Å².